The molecule has 2 fully saturated rings. The van der Waals surface area contributed by atoms with E-state index in [2.05, 4.69) is 29.6 Å². The van der Waals surface area contributed by atoms with Crippen LogP contribution in [0.5, 0.6) is 0 Å². The molecule has 0 aromatic carbocycles. The fraction of sp³-hybridized carbons (Fsp3) is 0.938. The Balaban J connectivity index is 0.00000242. The molecule has 7 heteroatoms. The minimum atomic E-state index is -0.341. The minimum absolute atomic E-state index is 0. The lowest BCUT2D eigenvalue weighted by atomic mass is 9.78. The molecule has 0 aromatic rings. The molecule has 5 nitrogen and oxygen atoms in total. The lowest BCUT2D eigenvalue weighted by molar-refractivity contribution is -0.136. The first kappa shape index (κ1) is 22.9. The quantitative estimate of drug-likeness (QED) is 0.749. The zero-order valence-corrected chi connectivity index (χ0v) is 16.3. The Labute approximate surface area is 153 Å². The topological polar surface area (TPSA) is 53.6 Å². The van der Waals surface area contributed by atoms with Crippen molar-refractivity contribution >= 4 is 30.7 Å². The largest absolute Gasteiger partial charge is 0.384 e. The van der Waals surface area contributed by atoms with Crippen LogP contribution in [0.2, 0.25) is 0 Å². The number of halogens is 2. The van der Waals surface area contributed by atoms with Gasteiger partial charge in [-0.3, -0.25) is 4.79 Å². The summed E-state index contributed by atoms with van der Waals surface area (Å²) in [6.45, 7) is 3.08. The van der Waals surface area contributed by atoms with Crippen LogP contribution in [0.4, 0.5) is 0 Å². The minimum Gasteiger partial charge on any atom is -0.384 e. The summed E-state index contributed by atoms with van der Waals surface area (Å²) >= 11 is 0. The van der Waals surface area contributed by atoms with E-state index in [-0.39, 0.29) is 41.7 Å². The third-order valence-electron chi connectivity index (χ3n) is 5.52. The van der Waals surface area contributed by atoms with E-state index >= 15 is 0 Å². The van der Waals surface area contributed by atoms with E-state index in [0.29, 0.717) is 6.61 Å². The maximum atomic E-state index is 12.8. The van der Waals surface area contributed by atoms with Gasteiger partial charge in [-0.2, -0.15) is 0 Å². The molecular formula is C16H33Cl2N3O2. The van der Waals surface area contributed by atoms with E-state index in [9.17, 15) is 4.79 Å². The second-order valence-electron chi connectivity index (χ2n) is 6.97. The number of likely N-dealkylation sites (N-methyl/N-ethyl adjacent to an activating group) is 1. The summed E-state index contributed by atoms with van der Waals surface area (Å²) in [5, 5.41) is 6.59. The van der Waals surface area contributed by atoms with Gasteiger partial charge in [0.25, 0.3) is 0 Å². The predicted octanol–water partition coefficient (Wildman–Crippen LogP) is 1.84. The van der Waals surface area contributed by atoms with Crippen LogP contribution in [0.1, 0.15) is 38.5 Å². The molecule has 0 aromatic heterocycles. The molecule has 1 saturated heterocycles. The zero-order chi connectivity index (χ0) is 15.3. The van der Waals surface area contributed by atoms with Crippen molar-refractivity contribution in [1.82, 2.24) is 15.5 Å². The third kappa shape index (κ3) is 5.20. The number of rotatable bonds is 6. The van der Waals surface area contributed by atoms with Gasteiger partial charge in [0.15, 0.2) is 0 Å². The summed E-state index contributed by atoms with van der Waals surface area (Å²) < 4.78 is 5.35. The molecule has 0 radical (unpaired) electrons. The van der Waals surface area contributed by atoms with E-state index in [1.807, 2.05) is 0 Å². The molecule has 138 valence electrons. The maximum absolute atomic E-state index is 12.8. The van der Waals surface area contributed by atoms with Gasteiger partial charge in [-0.1, -0.05) is 12.8 Å². The van der Waals surface area contributed by atoms with E-state index in [4.69, 9.17) is 4.74 Å². The van der Waals surface area contributed by atoms with Gasteiger partial charge in [0.05, 0.1) is 12.0 Å². The van der Waals surface area contributed by atoms with Crippen molar-refractivity contribution < 1.29 is 9.53 Å². The second-order valence-corrected chi connectivity index (χ2v) is 6.97. The van der Waals surface area contributed by atoms with E-state index < -0.39 is 0 Å². The van der Waals surface area contributed by atoms with Crippen LogP contribution in [0.25, 0.3) is 0 Å². The number of methoxy groups -OCH3 is 1. The summed E-state index contributed by atoms with van der Waals surface area (Å²) in [6, 6.07) is 0. The van der Waals surface area contributed by atoms with Crippen LogP contribution in [0.3, 0.4) is 0 Å². The van der Waals surface area contributed by atoms with Crippen molar-refractivity contribution in [2.45, 2.75) is 44.1 Å². The SMILES string of the molecule is COCC1(C(=O)NCC2(N(C)C)CCCC2)CCNCC1.Cl.Cl. The fourth-order valence-electron chi connectivity index (χ4n) is 3.87. The summed E-state index contributed by atoms with van der Waals surface area (Å²) in [6.07, 6.45) is 6.61. The number of ether oxygens (including phenoxy) is 1. The molecule has 0 atom stereocenters. The number of carbonyl (C=O) groups excluding carboxylic acids is 1. The summed E-state index contributed by atoms with van der Waals surface area (Å²) in [4.78, 5) is 15.1. The molecule has 23 heavy (non-hydrogen) atoms. The van der Waals surface area contributed by atoms with E-state index in [1.165, 1.54) is 25.7 Å². The van der Waals surface area contributed by atoms with Crippen molar-refractivity contribution in [1.29, 1.82) is 0 Å². The first-order valence-electron chi connectivity index (χ1n) is 8.20. The van der Waals surface area contributed by atoms with Gasteiger partial charge < -0.3 is 20.3 Å². The second kappa shape index (κ2) is 10.0. The molecule has 2 aliphatic rings. The summed E-state index contributed by atoms with van der Waals surface area (Å²) in [7, 11) is 5.95. The molecular weight excluding hydrogens is 337 g/mol. The predicted molar refractivity (Wildman–Crippen MR) is 98.8 cm³/mol. The number of nitrogens with zero attached hydrogens (tertiary/aromatic N) is 1. The average Bonchev–Trinajstić information content (AvgIpc) is 2.96. The molecule has 0 bridgehead atoms. The molecule has 1 aliphatic heterocycles. The number of carbonyl (C=O) groups is 1. The zero-order valence-electron chi connectivity index (χ0n) is 14.7. The number of nitrogens with one attached hydrogen (secondary N) is 2. The molecule has 0 unspecified atom stereocenters. The highest BCUT2D eigenvalue weighted by atomic mass is 35.5. The Kier molecular flexibility index (Phi) is 10.0. The van der Waals surface area contributed by atoms with Gasteiger partial charge in [0, 0.05) is 19.2 Å². The Morgan fingerprint density at radius 3 is 2.17 bits per heavy atom. The third-order valence-corrected chi connectivity index (χ3v) is 5.52. The van der Waals surface area contributed by atoms with E-state index in [0.717, 1.165) is 32.5 Å². The average molecular weight is 370 g/mol. The van der Waals surface area contributed by atoms with E-state index in [1.54, 1.807) is 7.11 Å². The molecule has 2 rings (SSSR count). The van der Waals surface area contributed by atoms with Crippen LogP contribution >= 0.6 is 24.8 Å². The first-order valence-corrected chi connectivity index (χ1v) is 8.20. The van der Waals surface area contributed by atoms with Crippen molar-refractivity contribution in [2.24, 2.45) is 5.41 Å². The fourth-order valence-corrected chi connectivity index (χ4v) is 3.87. The monoisotopic (exact) mass is 369 g/mol. The normalized spacial score (nSPS) is 22.1. The number of amides is 1. The van der Waals surface area contributed by atoms with Crippen LogP contribution in [-0.4, -0.2) is 63.8 Å². The highest BCUT2D eigenvalue weighted by Gasteiger charge is 2.42. The molecule has 1 aliphatic carbocycles. The number of hydrogen-bond donors (Lipinski definition) is 2. The van der Waals surface area contributed by atoms with Crippen LogP contribution < -0.4 is 10.6 Å². The molecule has 1 saturated carbocycles. The van der Waals surface area contributed by atoms with Crippen molar-refractivity contribution in [3.63, 3.8) is 0 Å². The van der Waals surface area contributed by atoms with Crippen LogP contribution in [-0.2, 0) is 9.53 Å². The lowest BCUT2D eigenvalue weighted by Crippen LogP contribution is -2.56. The summed E-state index contributed by atoms with van der Waals surface area (Å²) in [5.41, 5.74) is -0.192. The van der Waals surface area contributed by atoms with Crippen LogP contribution in [0.15, 0.2) is 0 Å². The Morgan fingerprint density at radius 1 is 1.13 bits per heavy atom. The van der Waals surface area contributed by atoms with Gasteiger partial charge in [-0.15, -0.1) is 24.8 Å². The number of piperidine rings is 1. The Hall–Kier alpha value is -0.0700. The van der Waals surface area contributed by atoms with Crippen LogP contribution in [0, 0.1) is 5.41 Å². The Morgan fingerprint density at radius 2 is 1.70 bits per heavy atom. The standard InChI is InChI=1S/C16H31N3O2.2ClH/c1-19(2)16(6-4-5-7-16)12-18-14(20)15(13-21-3)8-10-17-11-9-15;;/h17H,4-13H2,1-3H3,(H,18,20);2*1H. The molecule has 0 spiro atoms. The Bertz CT molecular complexity index is 350. The van der Waals surface area contributed by atoms with Gasteiger partial charge in [-0.25, -0.2) is 0 Å². The number of hydrogen-bond acceptors (Lipinski definition) is 4. The first-order chi connectivity index (χ1) is 10.0. The summed E-state index contributed by atoms with van der Waals surface area (Å²) in [5.74, 6) is 0.180. The van der Waals surface area contributed by atoms with Gasteiger partial charge in [0.1, 0.15) is 0 Å². The molecule has 2 N–H and O–H groups in total. The lowest BCUT2D eigenvalue weighted by Gasteiger charge is -2.40. The van der Waals surface area contributed by atoms with Gasteiger partial charge in [-0.05, 0) is 52.9 Å². The maximum Gasteiger partial charge on any atom is 0.228 e. The van der Waals surface area contributed by atoms with Crippen molar-refractivity contribution in [2.75, 3.05) is 47.4 Å². The molecule has 1 heterocycles. The van der Waals surface area contributed by atoms with Gasteiger partial charge in [0.2, 0.25) is 5.91 Å². The van der Waals surface area contributed by atoms with Crippen molar-refractivity contribution in [3.05, 3.63) is 0 Å². The van der Waals surface area contributed by atoms with Crippen molar-refractivity contribution in [3.8, 4) is 0 Å². The smallest absolute Gasteiger partial charge is 0.228 e. The highest BCUT2D eigenvalue weighted by Crippen LogP contribution is 2.34. The highest BCUT2D eigenvalue weighted by molar-refractivity contribution is 5.85. The van der Waals surface area contributed by atoms with Gasteiger partial charge >= 0.3 is 0 Å². The molecule has 1 amide bonds.